The molecule has 2 amide bonds. The Morgan fingerprint density at radius 3 is 2.55 bits per heavy atom. The van der Waals surface area contributed by atoms with Crippen LogP contribution in [0.4, 0.5) is 4.39 Å². The molecule has 0 radical (unpaired) electrons. The number of amides is 2. The zero-order valence-electron chi connectivity index (χ0n) is 21.0. The first kappa shape index (κ1) is 30.0. The normalized spacial score (nSPS) is 13.4. The van der Waals surface area contributed by atoms with Crippen molar-refractivity contribution in [2.75, 3.05) is 13.1 Å². The number of aliphatic hydroxyl groups is 1. The Hall–Kier alpha value is -2.57. The van der Waals surface area contributed by atoms with E-state index in [4.69, 9.17) is 11.6 Å². The molecule has 0 unspecified atom stereocenters. The number of thiophene rings is 1. The summed E-state index contributed by atoms with van der Waals surface area (Å²) < 4.78 is 41.3. The standard InChI is InChI=1S/C26H31ClFN3O5S2/c1-16(2)11-22(31-25(33)14-20-12-17-5-3-4-6-23(17)37-20)26(34)29-10-9-19(32)15-30-38(35,36)24-8-7-18(28)13-21(24)27/h3-8,12-13,16,19,22,30,32H,9-11,14-15H2,1-2H3,(H,29,34)(H,31,33)/t19-,22+/m1/s1. The highest BCUT2D eigenvalue weighted by atomic mass is 35.5. The van der Waals surface area contributed by atoms with E-state index in [0.717, 1.165) is 33.2 Å². The predicted molar refractivity (Wildman–Crippen MR) is 147 cm³/mol. The molecule has 206 valence electrons. The van der Waals surface area contributed by atoms with Gasteiger partial charge in [-0.15, -0.1) is 11.3 Å². The lowest BCUT2D eigenvalue weighted by Gasteiger charge is -2.20. The summed E-state index contributed by atoms with van der Waals surface area (Å²) in [5.41, 5.74) is 0. The fraction of sp³-hybridized carbons (Fsp3) is 0.385. The summed E-state index contributed by atoms with van der Waals surface area (Å²) in [5, 5.41) is 16.5. The van der Waals surface area contributed by atoms with Crippen LogP contribution in [0.3, 0.4) is 0 Å². The number of benzene rings is 2. The molecule has 0 aliphatic rings. The van der Waals surface area contributed by atoms with Gasteiger partial charge in [-0.1, -0.05) is 43.6 Å². The highest BCUT2D eigenvalue weighted by Gasteiger charge is 2.23. The Morgan fingerprint density at radius 2 is 1.87 bits per heavy atom. The maximum Gasteiger partial charge on any atom is 0.242 e. The van der Waals surface area contributed by atoms with Crippen molar-refractivity contribution in [3.63, 3.8) is 0 Å². The number of hydrogen-bond acceptors (Lipinski definition) is 6. The number of carbonyl (C=O) groups excluding carboxylic acids is 2. The summed E-state index contributed by atoms with van der Waals surface area (Å²) in [5.74, 6) is -1.16. The molecule has 2 aromatic carbocycles. The van der Waals surface area contributed by atoms with E-state index in [1.807, 2.05) is 44.2 Å². The zero-order chi connectivity index (χ0) is 27.9. The van der Waals surface area contributed by atoms with Crippen LogP contribution in [0.2, 0.25) is 5.02 Å². The zero-order valence-corrected chi connectivity index (χ0v) is 23.4. The number of halogens is 2. The van der Waals surface area contributed by atoms with Crippen molar-refractivity contribution in [3.05, 3.63) is 64.2 Å². The number of aliphatic hydroxyl groups excluding tert-OH is 1. The lowest BCUT2D eigenvalue weighted by molar-refractivity contribution is -0.129. The van der Waals surface area contributed by atoms with Crippen LogP contribution in [-0.2, 0) is 26.0 Å². The highest BCUT2D eigenvalue weighted by molar-refractivity contribution is 7.89. The Bertz CT molecular complexity index is 1350. The second-order valence-corrected chi connectivity index (χ2v) is 12.6. The maximum absolute atomic E-state index is 13.2. The van der Waals surface area contributed by atoms with Crippen molar-refractivity contribution in [2.45, 2.75) is 50.2 Å². The van der Waals surface area contributed by atoms with Gasteiger partial charge in [-0.05, 0) is 54.5 Å². The molecular formula is C26H31ClFN3O5S2. The van der Waals surface area contributed by atoms with Gasteiger partial charge in [-0.3, -0.25) is 9.59 Å². The average Bonchev–Trinajstić information content (AvgIpc) is 3.24. The molecule has 0 aliphatic heterocycles. The van der Waals surface area contributed by atoms with E-state index in [9.17, 15) is 27.5 Å². The van der Waals surface area contributed by atoms with Gasteiger partial charge in [-0.2, -0.15) is 0 Å². The van der Waals surface area contributed by atoms with E-state index in [-0.39, 0.29) is 53.6 Å². The molecule has 0 saturated heterocycles. The third kappa shape index (κ3) is 8.74. The Labute approximate surface area is 230 Å². The summed E-state index contributed by atoms with van der Waals surface area (Å²) in [6.07, 6.45) is -0.436. The van der Waals surface area contributed by atoms with Crippen molar-refractivity contribution in [1.29, 1.82) is 0 Å². The lowest BCUT2D eigenvalue weighted by Crippen LogP contribution is -2.48. The summed E-state index contributed by atoms with van der Waals surface area (Å²) in [7, 11) is -4.06. The number of sulfonamides is 1. The van der Waals surface area contributed by atoms with Gasteiger partial charge in [0.05, 0.1) is 17.5 Å². The summed E-state index contributed by atoms with van der Waals surface area (Å²) >= 11 is 7.35. The SMILES string of the molecule is CC(C)C[C@H](NC(=O)Cc1cc2ccccc2s1)C(=O)NCC[C@@H](O)CNS(=O)(=O)c1ccc(F)cc1Cl. The maximum atomic E-state index is 13.2. The monoisotopic (exact) mass is 583 g/mol. The fourth-order valence-electron chi connectivity index (χ4n) is 3.79. The smallest absolute Gasteiger partial charge is 0.242 e. The number of hydrogen-bond donors (Lipinski definition) is 4. The highest BCUT2D eigenvalue weighted by Crippen LogP contribution is 2.25. The molecule has 3 aromatic rings. The van der Waals surface area contributed by atoms with Gasteiger partial charge in [0, 0.05) is 22.7 Å². The van der Waals surface area contributed by atoms with Crippen molar-refractivity contribution < 1.29 is 27.5 Å². The van der Waals surface area contributed by atoms with Crippen molar-refractivity contribution >= 4 is 54.9 Å². The Kier molecular flexibility index (Phi) is 10.6. The number of fused-ring (bicyclic) bond motifs is 1. The summed E-state index contributed by atoms with van der Waals surface area (Å²) in [4.78, 5) is 26.1. The third-order valence-electron chi connectivity index (χ3n) is 5.64. The summed E-state index contributed by atoms with van der Waals surface area (Å²) in [6, 6.07) is 12.0. The molecule has 0 fully saturated rings. The van der Waals surface area contributed by atoms with Gasteiger partial charge in [0.15, 0.2) is 0 Å². The van der Waals surface area contributed by atoms with Crippen LogP contribution < -0.4 is 15.4 Å². The Morgan fingerprint density at radius 1 is 1.13 bits per heavy atom. The molecule has 0 bridgehead atoms. The molecule has 12 heteroatoms. The average molecular weight is 584 g/mol. The van der Waals surface area contributed by atoms with Crippen molar-refractivity contribution in [2.24, 2.45) is 5.92 Å². The van der Waals surface area contributed by atoms with Gasteiger partial charge < -0.3 is 15.7 Å². The molecule has 0 aliphatic carbocycles. The third-order valence-corrected chi connectivity index (χ3v) is 8.66. The minimum Gasteiger partial charge on any atom is -0.392 e. The van der Waals surface area contributed by atoms with Gasteiger partial charge in [0.25, 0.3) is 0 Å². The minimum absolute atomic E-state index is 0.0650. The molecular weight excluding hydrogens is 553 g/mol. The first-order valence-corrected chi connectivity index (χ1v) is 14.8. The molecule has 2 atom stereocenters. The quantitative estimate of drug-likeness (QED) is 0.245. The van der Waals surface area contributed by atoms with Gasteiger partial charge >= 0.3 is 0 Å². The van der Waals surface area contributed by atoms with E-state index in [1.54, 1.807) is 0 Å². The van der Waals surface area contributed by atoms with Crippen LogP contribution in [-0.4, -0.2) is 50.6 Å². The molecule has 1 aromatic heterocycles. The van der Waals surface area contributed by atoms with E-state index in [1.165, 1.54) is 11.3 Å². The van der Waals surface area contributed by atoms with Gasteiger partial charge in [-0.25, -0.2) is 17.5 Å². The van der Waals surface area contributed by atoms with E-state index >= 15 is 0 Å². The number of nitrogens with one attached hydrogen (secondary N) is 3. The predicted octanol–water partition coefficient (Wildman–Crippen LogP) is 3.61. The van der Waals surface area contributed by atoms with E-state index in [0.29, 0.717) is 6.42 Å². The van der Waals surface area contributed by atoms with E-state index in [2.05, 4.69) is 15.4 Å². The molecule has 0 saturated carbocycles. The molecule has 8 nitrogen and oxygen atoms in total. The topological polar surface area (TPSA) is 125 Å². The molecule has 0 spiro atoms. The fourth-order valence-corrected chi connectivity index (χ4v) is 6.46. The van der Waals surface area contributed by atoms with Crippen LogP contribution in [0.1, 0.15) is 31.6 Å². The van der Waals surface area contributed by atoms with Gasteiger partial charge in [0.2, 0.25) is 21.8 Å². The van der Waals surface area contributed by atoms with Crippen LogP contribution in [0.25, 0.3) is 10.1 Å². The van der Waals surface area contributed by atoms with Crippen LogP contribution >= 0.6 is 22.9 Å². The first-order chi connectivity index (χ1) is 17.9. The molecule has 38 heavy (non-hydrogen) atoms. The van der Waals surface area contributed by atoms with Gasteiger partial charge in [0.1, 0.15) is 16.8 Å². The summed E-state index contributed by atoms with van der Waals surface area (Å²) in [6.45, 7) is 3.64. The van der Waals surface area contributed by atoms with Crippen molar-refractivity contribution in [3.8, 4) is 0 Å². The van der Waals surface area contributed by atoms with Crippen LogP contribution in [0.15, 0.2) is 53.4 Å². The Balaban J connectivity index is 1.48. The van der Waals surface area contributed by atoms with Crippen LogP contribution in [0.5, 0.6) is 0 Å². The minimum atomic E-state index is -4.06. The number of rotatable bonds is 13. The van der Waals surface area contributed by atoms with E-state index < -0.39 is 28.0 Å². The largest absolute Gasteiger partial charge is 0.392 e. The molecule has 4 N–H and O–H groups in total. The molecule has 1 heterocycles. The second kappa shape index (κ2) is 13.5. The van der Waals surface area contributed by atoms with Crippen molar-refractivity contribution in [1.82, 2.24) is 15.4 Å². The second-order valence-electron chi connectivity index (χ2n) is 9.34. The number of carbonyl (C=O) groups is 2. The molecule has 3 rings (SSSR count). The lowest BCUT2D eigenvalue weighted by atomic mass is 10.0. The van der Waals surface area contributed by atoms with Crippen LogP contribution in [0, 0.1) is 11.7 Å². The first-order valence-electron chi connectivity index (χ1n) is 12.1.